The number of alkyl halides is 3. The third-order valence-corrected chi connectivity index (χ3v) is 21.3. The number of ketones is 2. The lowest BCUT2D eigenvalue weighted by Gasteiger charge is -2.11. The maximum absolute atomic E-state index is 13.1. The molecule has 125 heavy (non-hydrogen) atoms. The van der Waals surface area contributed by atoms with Crippen molar-refractivity contribution in [2.75, 3.05) is 13.7 Å². The number of aryl methyl sites for hydroxylation is 3. The summed E-state index contributed by atoms with van der Waals surface area (Å²) in [7, 11) is -0.927. The quantitative estimate of drug-likeness (QED) is 0.0463. The molecular weight excluding hydrogens is 1600 g/mol. The van der Waals surface area contributed by atoms with Gasteiger partial charge in [-0.25, -0.2) is 13.6 Å². The number of halogens is 5. The summed E-state index contributed by atoms with van der Waals surface area (Å²) in [5.41, 5.74) is 24.9. The predicted molar refractivity (Wildman–Crippen MR) is 527 cm³/mol. The molecular formula is C110H144ClF4N3O6S. The molecule has 0 saturated carbocycles. The van der Waals surface area contributed by atoms with Gasteiger partial charge in [0.15, 0.2) is 18.2 Å². The molecule has 0 fully saturated rings. The Labute approximate surface area is 755 Å². The number of aromatic nitrogens is 1. The monoisotopic (exact) mass is 1750 g/mol. The fourth-order valence-corrected chi connectivity index (χ4v) is 12.6. The van der Waals surface area contributed by atoms with E-state index in [1.807, 2.05) is 131 Å². The number of pyridine rings is 1. The predicted octanol–water partition coefficient (Wildman–Crippen LogP) is 31.7. The number of methoxy groups -OCH3 is 1. The van der Waals surface area contributed by atoms with Gasteiger partial charge in [-0.2, -0.15) is 13.2 Å². The molecule has 0 aliphatic heterocycles. The average molecular weight is 1750 g/mol. The minimum absolute atomic E-state index is 0. The fraction of sp³-hybridized carbons (Fsp3) is 0.364. The highest BCUT2D eigenvalue weighted by atomic mass is 35.5. The Hall–Kier alpha value is -10.4. The summed E-state index contributed by atoms with van der Waals surface area (Å²) < 4.78 is 75.5. The first-order chi connectivity index (χ1) is 58.2. The smallest absolute Gasteiger partial charge is 0.422 e. The van der Waals surface area contributed by atoms with Crippen molar-refractivity contribution >= 4 is 44.4 Å². The van der Waals surface area contributed by atoms with E-state index in [4.69, 9.17) is 31.9 Å². The van der Waals surface area contributed by atoms with Crippen molar-refractivity contribution in [3.05, 3.63) is 361 Å². The molecule has 1 unspecified atom stereocenters. The van der Waals surface area contributed by atoms with Gasteiger partial charge in [0.1, 0.15) is 23.1 Å². The topological polar surface area (TPSA) is 144 Å². The Morgan fingerprint density at radius 3 is 1.38 bits per heavy atom. The summed E-state index contributed by atoms with van der Waals surface area (Å²) in [4.78, 5) is 27.1. The van der Waals surface area contributed by atoms with Crippen molar-refractivity contribution < 1.29 is 45.6 Å². The van der Waals surface area contributed by atoms with Gasteiger partial charge in [0, 0.05) is 39.9 Å². The van der Waals surface area contributed by atoms with Gasteiger partial charge in [-0.15, -0.1) is 0 Å². The number of benzene rings is 10. The van der Waals surface area contributed by atoms with E-state index in [1.165, 1.54) is 74.7 Å². The number of nitrogens with two attached hydrogens (primary N) is 2. The summed E-state index contributed by atoms with van der Waals surface area (Å²) >= 11 is 5.72. The number of rotatable bonds is 19. The highest BCUT2D eigenvalue weighted by Crippen LogP contribution is 2.30. The molecule has 1 heterocycles. The minimum atomic E-state index is -4.28. The van der Waals surface area contributed by atoms with Crippen LogP contribution >= 0.6 is 11.6 Å². The molecule has 1 atom stereocenters. The van der Waals surface area contributed by atoms with Gasteiger partial charge >= 0.3 is 6.18 Å². The van der Waals surface area contributed by atoms with E-state index >= 15 is 0 Å². The van der Waals surface area contributed by atoms with E-state index in [0.29, 0.717) is 81.9 Å². The van der Waals surface area contributed by atoms with Crippen molar-refractivity contribution in [3.8, 4) is 23.1 Å². The van der Waals surface area contributed by atoms with Gasteiger partial charge in [0.05, 0.1) is 22.4 Å². The third-order valence-electron chi connectivity index (χ3n) is 20.0. The zero-order valence-electron chi connectivity index (χ0n) is 78.1. The number of ether oxygens (including phenoxy) is 3. The molecule has 9 nitrogen and oxygen atoms in total. The van der Waals surface area contributed by atoms with Crippen LogP contribution < -0.4 is 25.1 Å². The summed E-state index contributed by atoms with van der Waals surface area (Å²) in [5.74, 6) is 10.9. The number of Topliss-reactive ketones (excluding diaryl/α,β-unsaturated/α-hetero) is 2. The van der Waals surface area contributed by atoms with Crippen LogP contribution in [0.15, 0.2) is 266 Å². The lowest BCUT2D eigenvalue weighted by Crippen LogP contribution is -2.19. The number of carbonyl (C=O) groups is 2. The van der Waals surface area contributed by atoms with Crippen molar-refractivity contribution in [2.45, 2.75) is 256 Å². The maximum Gasteiger partial charge on any atom is 0.422 e. The second kappa shape index (κ2) is 56.6. The van der Waals surface area contributed by atoms with E-state index < -0.39 is 28.3 Å². The normalized spacial score (nSPS) is 11.5. The molecule has 0 saturated heterocycles. The molecule has 10 aromatic carbocycles. The van der Waals surface area contributed by atoms with Crippen molar-refractivity contribution in [2.24, 2.45) is 10.9 Å². The van der Waals surface area contributed by atoms with Crippen LogP contribution in [-0.2, 0) is 22.5 Å². The number of carbonyl (C=O) groups excluding carboxylic acids is 2. The first-order valence-electron chi connectivity index (χ1n) is 43.0. The summed E-state index contributed by atoms with van der Waals surface area (Å²) in [6.07, 6.45) is 0.270. The number of hydrogen-bond acceptors (Lipinski definition) is 8. The highest BCUT2D eigenvalue weighted by Gasteiger charge is 2.28. The largest absolute Gasteiger partial charge is 0.484 e. The summed E-state index contributed by atoms with van der Waals surface area (Å²) in [6.45, 7) is 50.8. The van der Waals surface area contributed by atoms with Gasteiger partial charge < -0.3 is 19.9 Å². The second-order valence-electron chi connectivity index (χ2n) is 33.8. The first-order valence-corrected chi connectivity index (χ1v) is 45.2. The number of fused-ring (bicyclic) bond motifs is 1. The molecule has 676 valence electrons. The van der Waals surface area contributed by atoms with Crippen molar-refractivity contribution in [1.29, 1.82) is 0 Å². The van der Waals surface area contributed by atoms with Crippen LogP contribution in [0.5, 0.6) is 23.1 Å². The molecule has 0 radical (unpaired) electrons. The van der Waals surface area contributed by atoms with E-state index in [0.717, 1.165) is 57.2 Å². The van der Waals surface area contributed by atoms with Crippen molar-refractivity contribution in [3.63, 3.8) is 0 Å². The molecule has 4 N–H and O–H groups in total. The molecule has 0 amide bonds. The third kappa shape index (κ3) is 43.4. The Morgan fingerprint density at radius 2 is 0.904 bits per heavy atom. The van der Waals surface area contributed by atoms with Crippen LogP contribution in [0.2, 0.25) is 5.02 Å². The standard InChI is InChI=1S/C15H16O.C12H14O.C11H13F3O.C11H13FO.C11H15N.C11H16.C10H15NOS.C10H14.C9H11Cl.C9H13NO.CH4/c1-12(2)13-8-10-15(11-9-13)16-14-6-4-3-5-7-14;1-8(2)10-4-3-9-5-6-12(13)11(9)7-10;1-8(2)9-4-3-5-10(6-9)15-7-11(12,13)14;1-7(2)9-4-5-11(12)10(6-9)8(3)13;1-8(2)10-5-4-6-11(7-10)9(3)12;1-4-10-6-5-7-11(8-10)9(2)3;1-8(2)9-5-4-6-10(7-9)13(3,11)12;1-8(2)10-6-4-5-9(3)7-10;1-7(2)8-3-5-9(10)6-4-8;1-7(2)8-4-5-10-9(6-8)11-3;/h3-12H,1-2H3;3-4,7-8H,5-6H2,1-2H3;3-6,8H,7H2,1-2H3;4-7H,1-3H3;4-8H,3,12H2,1-2H3;5-9H,4H2,1-3H3;4-8H,3H2,1-2H3,(H2,11,12);4-8H,1-3H3;3-7H,1-2H3;4-7H,1-3H3;1H4. The second-order valence-corrected chi connectivity index (χ2v) is 36.1. The lowest BCUT2D eigenvalue weighted by molar-refractivity contribution is -0.153. The minimum Gasteiger partial charge on any atom is -0.484 e. The summed E-state index contributed by atoms with van der Waals surface area (Å²) in [6, 6.07) is 80.9. The van der Waals surface area contributed by atoms with Gasteiger partial charge in [0.25, 0.3) is 0 Å². The molecule has 0 bridgehead atoms. The molecule has 1 aliphatic carbocycles. The van der Waals surface area contributed by atoms with Crippen LogP contribution in [-0.4, -0.2) is 46.5 Å². The first kappa shape index (κ1) is 111. The van der Waals surface area contributed by atoms with E-state index in [9.17, 15) is 31.4 Å². The van der Waals surface area contributed by atoms with E-state index in [2.05, 4.69) is 250 Å². The lowest BCUT2D eigenvalue weighted by atomic mass is 9.98. The van der Waals surface area contributed by atoms with Crippen LogP contribution in [0.1, 0.15) is 324 Å². The zero-order valence-corrected chi connectivity index (χ0v) is 79.7. The Balaban J connectivity index is 0.000000471. The summed E-state index contributed by atoms with van der Waals surface area (Å²) in [5, 5.41) is 6.25. The molecule has 11 aromatic rings. The molecule has 15 heteroatoms. The van der Waals surface area contributed by atoms with Gasteiger partial charge in [-0.05, 0) is 255 Å². The molecule has 12 rings (SSSR count). The fourth-order valence-electron chi connectivity index (χ4n) is 11.8. The number of nitrogens with zero attached hydrogens (tertiary/aromatic N) is 1. The SMILES string of the molecule is C.C=C(N)c1cccc(C(C)C)c1.C=S(N)(=O)c1cccc(C(C)C)c1.CC(=O)c1cc(C(C)C)ccc1F.CC(C)c1ccc(Cl)cc1.CC(C)c1ccc(Oc2ccccc2)cc1.CC(C)c1ccc2c(c1)C(=O)CC2.CC(C)c1cccc(OCC(F)(F)F)c1.CCc1cccc(C(C)C)c1.COc1cc(C(C)C)ccn1.Cc1cccc(C(C)C)c1. The van der Waals surface area contributed by atoms with Crippen LogP contribution in [0.3, 0.4) is 0 Å². The maximum atomic E-state index is 13.1. The Morgan fingerprint density at radius 1 is 0.488 bits per heavy atom. The number of hydrogen-bond donors (Lipinski definition) is 2. The molecule has 1 aromatic heterocycles. The highest BCUT2D eigenvalue weighted by molar-refractivity contribution is 7.98. The average Bonchev–Trinajstić information content (AvgIpc) is 1.64. The molecule has 0 spiro atoms. The van der Waals surface area contributed by atoms with Crippen molar-refractivity contribution in [1.82, 2.24) is 4.98 Å². The zero-order chi connectivity index (χ0) is 93.1. The van der Waals surface area contributed by atoms with Crippen LogP contribution in [0, 0.1) is 12.7 Å². The van der Waals surface area contributed by atoms with Gasteiger partial charge in [-0.3, -0.25) is 14.7 Å². The van der Waals surface area contributed by atoms with Gasteiger partial charge in [-0.1, -0.05) is 328 Å². The Bertz CT molecular complexity index is 5030. The van der Waals surface area contributed by atoms with Gasteiger partial charge in [0.2, 0.25) is 5.88 Å². The van der Waals surface area contributed by atoms with Crippen LogP contribution in [0.4, 0.5) is 17.6 Å². The van der Waals surface area contributed by atoms with E-state index in [1.54, 1.807) is 43.6 Å². The molecule has 1 aliphatic rings. The van der Waals surface area contributed by atoms with Crippen LogP contribution in [0.25, 0.3) is 5.70 Å². The number of para-hydroxylation sites is 1. The Kier molecular flexibility index (Phi) is 50.1. The van der Waals surface area contributed by atoms with E-state index in [-0.39, 0.29) is 30.4 Å².